The zero-order chi connectivity index (χ0) is 19.8. The standard InChI is InChI=1S/C20H19N5O3/c1-28-19-13-7-15(8-14-19)20(23-21-16-5-3-2-4-6-16)24-22-17-9-11-18(12-10-17)25(26)27/h2-14,21,25-26H,1H3. The number of methoxy groups -OCH3 is 1. The molecule has 3 aromatic rings. The summed E-state index contributed by atoms with van der Waals surface area (Å²) < 4.78 is 5.18. The molecule has 0 radical (unpaired) electrons. The molecule has 0 heterocycles. The van der Waals surface area contributed by atoms with Gasteiger partial charge in [0, 0.05) is 17.7 Å². The molecule has 28 heavy (non-hydrogen) atoms. The van der Waals surface area contributed by atoms with Crippen molar-refractivity contribution in [2.24, 2.45) is 15.3 Å². The molecule has 0 aliphatic rings. The molecule has 3 aromatic carbocycles. The van der Waals surface area contributed by atoms with E-state index in [9.17, 15) is 5.21 Å². The van der Waals surface area contributed by atoms with E-state index in [1.807, 2.05) is 54.6 Å². The molecule has 142 valence electrons. The molecule has 0 fully saturated rings. The number of nitrogens with zero attached hydrogens (tertiary/aromatic N) is 3. The fourth-order valence-corrected chi connectivity index (χ4v) is 2.29. The Morgan fingerprint density at radius 3 is 2.25 bits per heavy atom. The van der Waals surface area contributed by atoms with Crippen LogP contribution in [0.15, 0.2) is 94.2 Å². The molecular formula is C20H19N5O3. The van der Waals surface area contributed by atoms with Gasteiger partial charge in [0.1, 0.15) is 5.75 Å². The summed E-state index contributed by atoms with van der Waals surface area (Å²) >= 11 is 0. The molecule has 0 saturated heterocycles. The zero-order valence-corrected chi connectivity index (χ0v) is 15.1. The summed E-state index contributed by atoms with van der Waals surface area (Å²) in [6.07, 6.45) is 0. The molecule has 0 spiro atoms. The average Bonchev–Trinajstić information content (AvgIpc) is 2.75. The van der Waals surface area contributed by atoms with E-state index < -0.39 is 5.23 Å². The summed E-state index contributed by atoms with van der Waals surface area (Å²) in [4.78, 5) is 0. The predicted molar refractivity (Wildman–Crippen MR) is 106 cm³/mol. The largest absolute Gasteiger partial charge is 0.595 e. The molecule has 1 atom stereocenters. The number of benzene rings is 3. The van der Waals surface area contributed by atoms with Crippen LogP contribution in [-0.2, 0) is 0 Å². The van der Waals surface area contributed by atoms with Crippen LogP contribution in [0, 0.1) is 5.21 Å². The lowest BCUT2D eigenvalue weighted by atomic mass is 10.2. The van der Waals surface area contributed by atoms with Gasteiger partial charge in [-0.3, -0.25) is 5.43 Å². The highest BCUT2D eigenvalue weighted by Gasteiger charge is 2.05. The molecule has 0 amide bonds. The second kappa shape index (κ2) is 9.38. The van der Waals surface area contributed by atoms with E-state index in [0.29, 0.717) is 11.5 Å². The van der Waals surface area contributed by atoms with E-state index in [1.54, 1.807) is 19.2 Å². The van der Waals surface area contributed by atoms with Crippen molar-refractivity contribution >= 4 is 22.9 Å². The normalized spacial score (nSPS) is 12.8. The van der Waals surface area contributed by atoms with E-state index in [1.165, 1.54) is 12.1 Å². The van der Waals surface area contributed by atoms with Gasteiger partial charge in [0.25, 0.3) is 0 Å². The number of ether oxygens (including phenoxy) is 1. The van der Waals surface area contributed by atoms with Gasteiger partial charge in [-0.05, 0) is 48.5 Å². The van der Waals surface area contributed by atoms with Crippen molar-refractivity contribution in [2.75, 3.05) is 12.5 Å². The van der Waals surface area contributed by atoms with E-state index in [-0.39, 0.29) is 5.69 Å². The lowest BCUT2D eigenvalue weighted by molar-refractivity contribution is -0.991. The van der Waals surface area contributed by atoms with Crippen molar-refractivity contribution in [3.8, 4) is 5.75 Å². The van der Waals surface area contributed by atoms with E-state index in [2.05, 4.69) is 20.8 Å². The summed E-state index contributed by atoms with van der Waals surface area (Å²) in [5.41, 5.74) is 5.23. The fourth-order valence-electron chi connectivity index (χ4n) is 2.29. The first-order chi connectivity index (χ1) is 13.7. The first kappa shape index (κ1) is 19.2. The second-order valence-electron chi connectivity index (χ2n) is 5.69. The number of hydrogen-bond donors (Lipinski definition) is 3. The molecule has 8 heteroatoms. The molecule has 0 aliphatic carbocycles. The molecule has 0 aromatic heterocycles. The van der Waals surface area contributed by atoms with Gasteiger partial charge in [-0.25, -0.2) is 5.21 Å². The quantitative estimate of drug-likeness (QED) is 0.264. The smallest absolute Gasteiger partial charge is 0.201 e. The van der Waals surface area contributed by atoms with Crippen LogP contribution in [0.3, 0.4) is 0 Å². The van der Waals surface area contributed by atoms with Crippen LogP contribution >= 0.6 is 0 Å². The molecule has 3 rings (SSSR count). The lowest BCUT2D eigenvalue weighted by Gasteiger charge is -2.10. The van der Waals surface area contributed by atoms with Crippen LogP contribution in [0.4, 0.5) is 17.1 Å². The van der Waals surface area contributed by atoms with Crippen molar-refractivity contribution in [2.45, 2.75) is 0 Å². The maximum atomic E-state index is 10.9. The Kier molecular flexibility index (Phi) is 6.42. The molecule has 8 nitrogen and oxygen atoms in total. The van der Waals surface area contributed by atoms with Gasteiger partial charge in [-0.2, -0.15) is 10.3 Å². The Morgan fingerprint density at radius 1 is 0.964 bits per heavy atom. The van der Waals surface area contributed by atoms with Gasteiger partial charge in [-0.1, -0.05) is 18.2 Å². The van der Waals surface area contributed by atoms with Gasteiger partial charge < -0.3 is 9.94 Å². The number of anilines is 1. The number of hydrazone groups is 1. The summed E-state index contributed by atoms with van der Waals surface area (Å²) in [6.45, 7) is 0. The van der Waals surface area contributed by atoms with Crippen molar-refractivity contribution in [3.63, 3.8) is 0 Å². The number of amidine groups is 1. The van der Waals surface area contributed by atoms with Gasteiger partial charge in [0.2, 0.25) is 5.84 Å². The molecule has 0 saturated carbocycles. The van der Waals surface area contributed by atoms with Crippen molar-refractivity contribution in [1.82, 2.24) is 0 Å². The number of rotatable bonds is 6. The molecule has 3 N–H and O–H groups in total. The average molecular weight is 377 g/mol. The molecule has 0 aliphatic heterocycles. The third kappa shape index (κ3) is 5.21. The highest BCUT2D eigenvalue weighted by Crippen LogP contribution is 2.17. The molecule has 1 unspecified atom stereocenters. The highest BCUT2D eigenvalue weighted by atomic mass is 16.8. The maximum absolute atomic E-state index is 10.9. The topological polar surface area (TPSA) is 106 Å². The first-order valence-electron chi connectivity index (χ1n) is 8.44. The molecular weight excluding hydrogens is 358 g/mol. The Labute approximate surface area is 162 Å². The summed E-state index contributed by atoms with van der Waals surface area (Å²) in [5.74, 6) is 1.09. The van der Waals surface area contributed by atoms with E-state index in [4.69, 9.17) is 9.94 Å². The number of nitrogens with one attached hydrogen (secondary N) is 2. The Balaban J connectivity index is 1.86. The van der Waals surface area contributed by atoms with Crippen molar-refractivity contribution < 1.29 is 15.2 Å². The van der Waals surface area contributed by atoms with Crippen molar-refractivity contribution in [1.29, 1.82) is 0 Å². The summed E-state index contributed by atoms with van der Waals surface area (Å²) in [6, 6.07) is 22.9. The summed E-state index contributed by atoms with van der Waals surface area (Å²) in [7, 11) is 1.60. The number of hydrogen-bond acceptors (Lipinski definition) is 6. The third-order valence-corrected chi connectivity index (χ3v) is 3.79. The third-order valence-electron chi connectivity index (χ3n) is 3.79. The van der Waals surface area contributed by atoms with Crippen LogP contribution in [0.2, 0.25) is 0 Å². The second-order valence-corrected chi connectivity index (χ2v) is 5.69. The Morgan fingerprint density at radius 2 is 1.64 bits per heavy atom. The van der Waals surface area contributed by atoms with E-state index in [0.717, 1.165) is 17.0 Å². The summed E-state index contributed by atoms with van der Waals surface area (Å²) in [5, 5.41) is 31.7. The number of azo groups is 1. The number of para-hydroxylation sites is 1. The van der Waals surface area contributed by atoms with Crippen LogP contribution < -0.4 is 15.4 Å². The van der Waals surface area contributed by atoms with Gasteiger partial charge in [0.05, 0.1) is 18.5 Å². The number of quaternary nitrogens is 1. The lowest BCUT2D eigenvalue weighted by Crippen LogP contribution is -2.99. The minimum atomic E-state index is -0.990. The van der Waals surface area contributed by atoms with E-state index >= 15 is 0 Å². The zero-order valence-electron chi connectivity index (χ0n) is 15.1. The Bertz CT molecular complexity index is 940. The van der Waals surface area contributed by atoms with Gasteiger partial charge in [0.15, 0.2) is 5.69 Å². The van der Waals surface area contributed by atoms with Crippen molar-refractivity contribution in [3.05, 3.63) is 89.6 Å². The predicted octanol–water partition coefficient (Wildman–Crippen LogP) is 3.66. The van der Waals surface area contributed by atoms with Crippen LogP contribution in [0.1, 0.15) is 5.56 Å². The minimum absolute atomic E-state index is 0.189. The highest BCUT2D eigenvalue weighted by molar-refractivity contribution is 5.99. The minimum Gasteiger partial charge on any atom is -0.595 e. The fraction of sp³-hybridized carbons (Fsp3) is 0.0500. The van der Waals surface area contributed by atoms with Gasteiger partial charge in [-0.15, -0.1) is 10.2 Å². The monoisotopic (exact) mass is 377 g/mol. The molecule has 0 bridgehead atoms. The Hall–Kier alpha value is -3.59. The van der Waals surface area contributed by atoms with Gasteiger partial charge >= 0.3 is 0 Å². The van der Waals surface area contributed by atoms with Crippen LogP contribution in [0.5, 0.6) is 5.75 Å². The van der Waals surface area contributed by atoms with Crippen LogP contribution in [-0.4, -0.2) is 18.2 Å². The maximum Gasteiger partial charge on any atom is 0.201 e. The first-order valence-corrected chi connectivity index (χ1v) is 8.44. The van der Waals surface area contributed by atoms with Crippen LogP contribution in [0.25, 0.3) is 0 Å². The SMILES string of the molecule is COc1ccc(C(N=Nc2ccc([NH+]([O-])O)cc2)=NNc2ccccc2)cc1.